The van der Waals surface area contributed by atoms with Gasteiger partial charge in [0.2, 0.25) is 0 Å². The van der Waals surface area contributed by atoms with Crippen molar-refractivity contribution in [1.82, 2.24) is 9.29 Å². The smallest absolute Gasteiger partial charge is 0.276 e. The van der Waals surface area contributed by atoms with Gasteiger partial charge in [0.05, 0.1) is 11.1 Å². The molecule has 0 saturated carbocycles. The first-order chi connectivity index (χ1) is 13.3. The van der Waals surface area contributed by atoms with Crippen LogP contribution in [0.2, 0.25) is 0 Å². The van der Waals surface area contributed by atoms with Gasteiger partial charge in [-0.25, -0.2) is 13.3 Å². The number of ether oxygens (including phenoxy) is 1. The molecule has 146 valence electrons. The minimum atomic E-state index is -1.58. The Morgan fingerprint density at radius 1 is 1.61 bits per heavy atom. The summed E-state index contributed by atoms with van der Waals surface area (Å²) in [6.45, 7) is 5.76. The van der Waals surface area contributed by atoms with E-state index in [1.165, 1.54) is 16.7 Å². The normalized spacial score (nSPS) is 21.0. The number of anilines is 1. The number of aromatic nitrogens is 1. The van der Waals surface area contributed by atoms with Gasteiger partial charge in [-0.15, -0.1) is 6.58 Å². The van der Waals surface area contributed by atoms with E-state index in [0.29, 0.717) is 11.3 Å². The molecule has 2 N–H and O–H groups in total. The molecule has 3 rings (SSSR count). The molecule has 1 amide bonds. The molecule has 0 spiro atoms. The highest BCUT2D eigenvalue weighted by atomic mass is 32.2. The third-order valence-corrected chi connectivity index (χ3v) is 5.70. The summed E-state index contributed by atoms with van der Waals surface area (Å²) in [6.07, 6.45) is 3.81. The quantitative estimate of drug-likeness (QED) is 0.769. The molecule has 2 aromatic rings. The highest BCUT2D eigenvalue weighted by Crippen LogP contribution is 2.33. The van der Waals surface area contributed by atoms with Crippen molar-refractivity contribution >= 4 is 22.6 Å². The largest absolute Gasteiger partial charge is 0.488 e. The molecule has 0 bridgehead atoms. The maximum Gasteiger partial charge on any atom is 0.276 e. The van der Waals surface area contributed by atoms with Gasteiger partial charge in [-0.3, -0.25) is 4.79 Å². The summed E-state index contributed by atoms with van der Waals surface area (Å²) < 4.78 is 36.6. The predicted octanol–water partition coefficient (Wildman–Crippen LogP) is 2.63. The van der Waals surface area contributed by atoms with E-state index in [4.69, 9.17) is 10.00 Å². The number of aryl methyl sites for hydroxylation is 1. The molecule has 1 aliphatic rings. The van der Waals surface area contributed by atoms with Crippen molar-refractivity contribution in [2.75, 3.05) is 11.9 Å². The van der Waals surface area contributed by atoms with Crippen LogP contribution in [0.25, 0.3) is 0 Å². The Morgan fingerprint density at radius 3 is 3.04 bits per heavy atom. The van der Waals surface area contributed by atoms with Crippen LogP contribution in [0.1, 0.15) is 29.4 Å². The summed E-state index contributed by atoms with van der Waals surface area (Å²) >= 11 is 0. The lowest BCUT2D eigenvalue weighted by Gasteiger charge is -2.26. The Hall–Kier alpha value is -2.96. The van der Waals surface area contributed by atoms with Crippen molar-refractivity contribution in [2.24, 2.45) is 7.05 Å². The summed E-state index contributed by atoms with van der Waals surface area (Å²) in [7, 11) is 0.0570. The number of carbonyl (C=O) groups excluding carboxylic acids is 1. The number of hydrogen-bond acceptors (Lipinski definition) is 4. The molecule has 1 aliphatic heterocycles. The predicted molar refractivity (Wildman–Crippen MR) is 103 cm³/mol. The summed E-state index contributed by atoms with van der Waals surface area (Å²) in [5, 5.41) is 11.6. The molecule has 28 heavy (non-hydrogen) atoms. The van der Waals surface area contributed by atoms with Crippen LogP contribution < -0.4 is 14.8 Å². The van der Waals surface area contributed by atoms with Crippen LogP contribution in [-0.2, 0) is 18.0 Å². The number of hydrogen-bond donors (Lipinski definition) is 2. The van der Waals surface area contributed by atoms with E-state index in [1.54, 1.807) is 25.4 Å². The second-order valence-corrected chi connectivity index (χ2v) is 7.94. The van der Waals surface area contributed by atoms with Crippen LogP contribution in [0.5, 0.6) is 5.75 Å². The monoisotopic (exact) mass is 402 g/mol. The lowest BCUT2D eigenvalue weighted by Crippen LogP contribution is -2.46. The Labute approximate surface area is 164 Å². The van der Waals surface area contributed by atoms with Gasteiger partial charge in [0.1, 0.15) is 34.4 Å². The van der Waals surface area contributed by atoms with E-state index >= 15 is 0 Å². The summed E-state index contributed by atoms with van der Waals surface area (Å²) in [5.41, 5.74) is -0.327. The van der Waals surface area contributed by atoms with Crippen molar-refractivity contribution in [3.63, 3.8) is 0 Å². The van der Waals surface area contributed by atoms with Crippen LogP contribution >= 0.6 is 0 Å². The first-order valence-electron chi connectivity index (χ1n) is 8.41. The minimum Gasteiger partial charge on any atom is -0.488 e. The van der Waals surface area contributed by atoms with Crippen LogP contribution in [0.3, 0.4) is 0 Å². The number of amides is 1. The lowest BCUT2D eigenvalue weighted by molar-refractivity contribution is 0.101. The first-order valence-corrected chi connectivity index (χ1v) is 9.56. The van der Waals surface area contributed by atoms with Crippen LogP contribution in [-0.4, -0.2) is 26.8 Å². The Kier molecular flexibility index (Phi) is 5.36. The number of nitrogens with zero attached hydrogens (tertiary/aromatic N) is 2. The zero-order valence-corrected chi connectivity index (χ0v) is 16.2. The molecule has 2 atom stereocenters. The molecular weight excluding hydrogens is 383 g/mol. The van der Waals surface area contributed by atoms with Gasteiger partial charge in [0.25, 0.3) is 5.91 Å². The highest BCUT2D eigenvalue weighted by molar-refractivity contribution is 7.83. The van der Waals surface area contributed by atoms with Gasteiger partial charge < -0.3 is 14.6 Å². The molecule has 0 aliphatic carbocycles. The number of benzene rings is 1. The SMILES string of the molecule is C=CC[C@@]1(C)COc2c(cn(C)c2C(=O)Nc2ccc(F)c(C#N)c2)S(=O)N1. The average molecular weight is 402 g/mol. The van der Waals surface area contributed by atoms with Crippen molar-refractivity contribution in [3.8, 4) is 11.8 Å². The van der Waals surface area contributed by atoms with Crippen LogP contribution in [0, 0.1) is 17.1 Å². The number of fused-ring (bicyclic) bond motifs is 1. The second-order valence-electron chi connectivity index (χ2n) is 6.76. The molecule has 9 heteroatoms. The van der Waals surface area contributed by atoms with Crippen LogP contribution in [0.15, 0.2) is 41.9 Å². The zero-order chi connectivity index (χ0) is 20.5. The zero-order valence-electron chi connectivity index (χ0n) is 15.4. The van der Waals surface area contributed by atoms with Gasteiger partial charge in [-0.05, 0) is 31.5 Å². The Bertz CT molecular complexity index is 1030. The summed E-state index contributed by atoms with van der Waals surface area (Å²) in [4.78, 5) is 13.2. The van der Waals surface area contributed by atoms with Gasteiger partial charge in [-0.1, -0.05) is 6.08 Å². The molecule has 1 aromatic carbocycles. The van der Waals surface area contributed by atoms with Crippen molar-refractivity contribution in [1.29, 1.82) is 5.26 Å². The molecule has 0 radical (unpaired) electrons. The second kappa shape index (κ2) is 7.58. The van der Waals surface area contributed by atoms with Crippen molar-refractivity contribution in [2.45, 2.75) is 23.8 Å². The standard InChI is InChI=1S/C19H19FN4O3S/c1-4-7-19(2)11-27-17-15(28(26)23-19)10-24(3)16(17)18(25)22-13-5-6-14(20)12(8-13)9-21/h4-6,8,10,23H,1,7,11H2,2-3H3,(H,22,25)/t19-,28?/m0/s1. The van der Waals surface area contributed by atoms with Crippen LogP contribution in [0.4, 0.5) is 10.1 Å². The van der Waals surface area contributed by atoms with E-state index in [-0.39, 0.29) is 29.3 Å². The maximum atomic E-state index is 13.5. The topological polar surface area (TPSA) is 96.2 Å². The van der Waals surface area contributed by atoms with Gasteiger partial charge >= 0.3 is 0 Å². The third kappa shape index (κ3) is 3.69. The molecule has 2 heterocycles. The van der Waals surface area contributed by atoms with E-state index in [0.717, 1.165) is 6.07 Å². The maximum absolute atomic E-state index is 13.5. The fourth-order valence-electron chi connectivity index (χ4n) is 2.95. The fraction of sp³-hybridized carbons (Fsp3) is 0.263. The number of nitrogens with one attached hydrogen (secondary N) is 2. The molecule has 0 saturated heterocycles. The van der Waals surface area contributed by atoms with Gasteiger partial charge in [-0.2, -0.15) is 5.26 Å². The average Bonchev–Trinajstić information content (AvgIpc) is 2.92. The lowest BCUT2D eigenvalue weighted by atomic mass is 10.0. The van der Waals surface area contributed by atoms with Gasteiger partial charge in [0, 0.05) is 18.9 Å². The van der Waals surface area contributed by atoms with Crippen molar-refractivity contribution < 1.29 is 18.1 Å². The van der Waals surface area contributed by atoms with Crippen molar-refractivity contribution in [3.05, 3.63) is 54.1 Å². The molecule has 7 nitrogen and oxygen atoms in total. The van der Waals surface area contributed by atoms with E-state index in [9.17, 15) is 13.4 Å². The summed E-state index contributed by atoms with van der Waals surface area (Å²) in [5.74, 6) is -0.968. The minimum absolute atomic E-state index is 0.176. The Balaban J connectivity index is 1.93. The third-order valence-electron chi connectivity index (χ3n) is 4.33. The molecule has 1 unspecified atom stereocenters. The van der Waals surface area contributed by atoms with E-state index < -0.39 is 28.2 Å². The van der Waals surface area contributed by atoms with E-state index in [2.05, 4.69) is 16.6 Å². The first kappa shape index (κ1) is 19.8. The summed E-state index contributed by atoms with van der Waals surface area (Å²) in [6, 6.07) is 5.44. The fourth-order valence-corrected chi connectivity index (χ4v) is 4.23. The molecule has 1 aromatic heterocycles. The number of halogens is 1. The van der Waals surface area contributed by atoms with Gasteiger partial charge in [0.15, 0.2) is 11.4 Å². The van der Waals surface area contributed by atoms with E-state index in [1.807, 2.05) is 6.92 Å². The molecular formula is C19H19FN4O3S. The Morgan fingerprint density at radius 2 is 2.36 bits per heavy atom. The number of nitriles is 1. The number of carbonyl (C=O) groups is 1. The molecule has 0 fully saturated rings. The highest BCUT2D eigenvalue weighted by Gasteiger charge is 2.35. The number of rotatable bonds is 4.